The minimum atomic E-state index is -0.472. The number of nitrogens with one attached hydrogen (secondary N) is 1. The molecule has 1 fully saturated rings. The molecule has 1 aliphatic heterocycles. The van der Waals surface area contributed by atoms with E-state index in [9.17, 15) is 10.1 Å². The fourth-order valence-electron chi connectivity index (χ4n) is 1.98. The van der Waals surface area contributed by atoms with Crippen LogP contribution in [0.15, 0.2) is 18.2 Å². The average molecular weight is 271 g/mol. The molecule has 1 N–H and O–H groups in total. The first-order chi connectivity index (χ1) is 8.58. The van der Waals surface area contributed by atoms with Crippen molar-refractivity contribution in [1.82, 2.24) is 5.32 Å². The van der Waals surface area contributed by atoms with Gasteiger partial charge in [0, 0.05) is 18.7 Å². The Labute approximate surface area is 110 Å². The molecule has 0 aliphatic carbocycles. The molecule has 0 spiro atoms. The molecule has 5 nitrogen and oxygen atoms in total. The van der Waals surface area contributed by atoms with Crippen LogP contribution in [0.2, 0.25) is 5.02 Å². The Balaban J connectivity index is 2.11. The van der Waals surface area contributed by atoms with Crippen LogP contribution < -0.4 is 10.1 Å². The van der Waals surface area contributed by atoms with Crippen LogP contribution in [0.4, 0.5) is 5.69 Å². The molecule has 1 saturated heterocycles. The molecule has 0 amide bonds. The molecule has 1 heterocycles. The van der Waals surface area contributed by atoms with Crippen LogP contribution in [-0.2, 0) is 0 Å². The SMILES string of the molecule is CC1CCNCC1Oc1ccc([N+](=O)[O-])cc1Cl. The summed E-state index contributed by atoms with van der Waals surface area (Å²) in [5.41, 5.74) is -0.0258. The summed E-state index contributed by atoms with van der Waals surface area (Å²) in [4.78, 5) is 10.1. The van der Waals surface area contributed by atoms with Gasteiger partial charge in [0.05, 0.1) is 9.95 Å². The lowest BCUT2D eigenvalue weighted by Gasteiger charge is -2.30. The third kappa shape index (κ3) is 2.91. The first-order valence-electron chi connectivity index (χ1n) is 5.89. The second-order valence-corrected chi connectivity index (χ2v) is 4.91. The minimum absolute atomic E-state index is 0.0258. The number of ether oxygens (including phenoxy) is 1. The number of rotatable bonds is 3. The van der Waals surface area contributed by atoms with Gasteiger partial charge in [0.15, 0.2) is 0 Å². The van der Waals surface area contributed by atoms with Gasteiger partial charge in [-0.15, -0.1) is 0 Å². The molecule has 0 aromatic heterocycles. The van der Waals surface area contributed by atoms with Gasteiger partial charge in [-0.3, -0.25) is 10.1 Å². The first kappa shape index (κ1) is 13.1. The predicted octanol–water partition coefficient (Wildman–Crippen LogP) is 2.63. The molecule has 1 aromatic carbocycles. The number of hydrogen-bond donors (Lipinski definition) is 1. The summed E-state index contributed by atoms with van der Waals surface area (Å²) in [5.74, 6) is 0.945. The zero-order valence-electron chi connectivity index (χ0n) is 10.1. The van der Waals surface area contributed by atoms with Crippen molar-refractivity contribution in [3.63, 3.8) is 0 Å². The lowest BCUT2D eigenvalue weighted by atomic mass is 9.97. The highest BCUT2D eigenvalue weighted by Gasteiger charge is 2.23. The average Bonchev–Trinajstić information content (AvgIpc) is 2.34. The topological polar surface area (TPSA) is 64.4 Å². The number of halogens is 1. The zero-order valence-corrected chi connectivity index (χ0v) is 10.8. The molecule has 1 aromatic rings. The van der Waals surface area contributed by atoms with Gasteiger partial charge in [0.1, 0.15) is 11.9 Å². The van der Waals surface area contributed by atoms with Crippen molar-refractivity contribution in [2.24, 2.45) is 5.92 Å². The Kier molecular flexibility index (Phi) is 4.04. The van der Waals surface area contributed by atoms with Crippen molar-refractivity contribution in [2.75, 3.05) is 13.1 Å². The Morgan fingerprint density at radius 2 is 2.33 bits per heavy atom. The van der Waals surface area contributed by atoms with Crippen LogP contribution in [0, 0.1) is 16.0 Å². The lowest BCUT2D eigenvalue weighted by Crippen LogP contribution is -2.42. The van der Waals surface area contributed by atoms with E-state index < -0.39 is 4.92 Å². The second kappa shape index (κ2) is 5.54. The van der Waals surface area contributed by atoms with Gasteiger partial charge in [-0.05, 0) is 24.9 Å². The van der Waals surface area contributed by atoms with Gasteiger partial charge in [-0.2, -0.15) is 0 Å². The molecule has 0 saturated carbocycles. The van der Waals surface area contributed by atoms with Crippen molar-refractivity contribution >= 4 is 17.3 Å². The molecule has 2 unspecified atom stereocenters. The van der Waals surface area contributed by atoms with E-state index in [1.165, 1.54) is 12.1 Å². The Hall–Kier alpha value is -1.33. The first-order valence-corrected chi connectivity index (χ1v) is 6.27. The molecule has 1 aliphatic rings. The van der Waals surface area contributed by atoms with E-state index in [2.05, 4.69) is 12.2 Å². The number of piperidine rings is 1. The summed E-state index contributed by atoms with van der Waals surface area (Å²) < 4.78 is 5.82. The molecular formula is C12H15ClN2O3. The molecule has 2 atom stereocenters. The molecule has 0 bridgehead atoms. The Morgan fingerprint density at radius 1 is 1.56 bits per heavy atom. The number of nitro groups is 1. The second-order valence-electron chi connectivity index (χ2n) is 4.50. The molecule has 6 heteroatoms. The summed E-state index contributed by atoms with van der Waals surface area (Å²) in [7, 11) is 0. The van der Waals surface area contributed by atoms with Crippen molar-refractivity contribution < 1.29 is 9.66 Å². The van der Waals surface area contributed by atoms with Gasteiger partial charge in [-0.1, -0.05) is 18.5 Å². The van der Waals surface area contributed by atoms with Crippen molar-refractivity contribution in [1.29, 1.82) is 0 Å². The number of nitro benzene ring substituents is 1. The van der Waals surface area contributed by atoms with Crippen LogP contribution in [0.3, 0.4) is 0 Å². The maximum Gasteiger partial charge on any atom is 0.271 e. The largest absolute Gasteiger partial charge is 0.487 e. The Bertz CT molecular complexity index is 453. The van der Waals surface area contributed by atoms with E-state index in [1.807, 2.05) is 0 Å². The van der Waals surface area contributed by atoms with Crippen LogP contribution in [0.5, 0.6) is 5.75 Å². The van der Waals surface area contributed by atoms with Gasteiger partial charge in [0.2, 0.25) is 0 Å². The van der Waals surface area contributed by atoms with Crippen LogP contribution >= 0.6 is 11.6 Å². The monoisotopic (exact) mass is 270 g/mol. The van der Waals surface area contributed by atoms with Gasteiger partial charge < -0.3 is 10.1 Å². The maximum atomic E-state index is 10.6. The zero-order chi connectivity index (χ0) is 13.1. The molecule has 18 heavy (non-hydrogen) atoms. The van der Waals surface area contributed by atoms with Gasteiger partial charge >= 0.3 is 0 Å². The lowest BCUT2D eigenvalue weighted by molar-refractivity contribution is -0.384. The van der Waals surface area contributed by atoms with Gasteiger partial charge in [0.25, 0.3) is 5.69 Å². The molecule has 2 rings (SSSR count). The smallest absolute Gasteiger partial charge is 0.271 e. The van der Waals surface area contributed by atoms with E-state index in [4.69, 9.17) is 16.3 Å². The van der Waals surface area contributed by atoms with Crippen molar-refractivity contribution in [3.8, 4) is 5.75 Å². The normalized spacial score (nSPS) is 23.7. The van der Waals surface area contributed by atoms with E-state index in [-0.39, 0.29) is 16.8 Å². The van der Waals surface area contributed by atoms with E-state index in [1.54, 1.807) is 6.07 Å². The van der Waals surface area contributed by atoms with Gasteiger partial charge in [-0.25, -0.2) is 0 Å². The quantitative estimate of drug-likeness (QED) is 0.677. The molecule has 98 valence electrons. The highest BCUT2D eigenvalue weighted by molar-refractivity contribution is 6.32. The Morgan fingerprint density at radius 3 is 2.94 bits per heavy atom. The highest BCUT2D eigenvalue weighted by Crippen LogP contribution is 2.30. The summed E-state index contributed by atoms with van der Waals surface area (Å²) in [6, 6.07) is 4.28. The summed E-state index contributed by atoms with van der Waals surface area (Å²) >= 11 is 5.99. The fraction of sp³-hybridized carbons (Fsp3) is 0.500. The molecule has 0 radical (unpaired) electrons. The third-order valence-corrected chi connectivity index (χ3v) is 3.46. The van der Waals surface area contributed by atoms with E-state index >= 15 is 0 Å². The van der Waals surface area contributed by atoms with Crippen LogP contribution in [-0.4, -0.2) is 24.1 Å². The summed E-state index contributed by atoms with van der Waals surface area (Å²) in [5, 5.41) is 14.1. The standard InChI is InChI=1S/C12H15ClN2O3/c1-8-4-5-14-7-12(8)18-11-3-2-9(15(16)17)6-10(11)13/h2-3,6,8,12,14H,4-5,7H2,1H3. The number of nitrogens with zero attached hydrogens (tertiary/aromatic N) is 1. The molecular weight excluding hydrogens is 256 g/mol. The minimum Gasteiger partial charge on any atom is -0.487 e. The van der Waals surface area contributed by atoms with Crippen molar-refractivity contribution in [2.45, 2.75) is 19.4 Å². The summed E-state index contributed by atoms with van der Waals surface area (Å²) in [6.45, 7) is 3.90. The highest BCUT2D eigenvalue weighted by atomic mass is 35.5. The third-order valence-electron chi connectivity index (χ3n) is 3.16. The summed E-state index contributed by atoms with van der Waals surface area (Å²) in [6.07, 6.45) is 1.10. The van der Waals surface area contributed by atoms with Crippen LogP contribution in [0.25, 0.3) is 0 Å². The van der Waals surface area contributed by atoms with E-state index in [0.29, 0.717) is 11.7 Å². The predicted molar refractivity (Wildman–Crippen MR) is 69.2 cm³/mol. The van der Waals surface area contributed by atoms with Crippen LogP contribution in [0.1, 0.15) is 13.3 Å². The van der Waals surface area contributed by atoms with E-state index in [0.717, 1.165) is 19.5 Å². The van der Waals surface area contributed by atoms with Crippen molar-refractivity contribution in [3.05, 3.63) is 33.3 Å². The fourth-order valence-corrected chi connectivity index (χ4v) is 2.20. The maximum absolute atomic E-state index is 10.6. The number of non-ortho nitro benzene ring substituents is 1. The number of hydrogen-bond acceptors (Lipinski definition) is 4. The number of benzene rings is 1.